The fraction of sp³-hybridized carbons (Fsp3) is 0.381. The highest BCUT2D eigenvalue weighted by molar-refractivity contribution is 7.89. The minimum absolute atomic E-state index is 0.0256. The lowest BCUT2D eigenvalue weighted by atomic mass is 9.88. The third-order valence-corrected chi connectivity index (χ3v) is 6.67. The molecule has 9 nitrogen and oxygen atoms in total. The lowest BCUT2D eigenvalue weighted by Crippen LogP contribution is -2.31. The van der Waals surface area contributed by atoms with Gasteiger partial charge in [0.15, 0.2) is 0 Å². The Morgan fingerprint density at radius 3 is 2.65 bits per heavy atom. The van der Waals surface area contributed by atoms with Crippen molar-refractivity contribution in [3.8, 4) is 17.2 Å². The van der Waals surface area contributed by atoms with Crippen molar-refractivity contribution < 1.29 is 17.9 Å². The number of tetrazole rings is 1. The molecule has 0 saturated heterocycles. The number of ether oxygens (including phenoxy) is 2. The number of aryl methyl sites for hydroxylation is 1. The summed E-state index contributed by atoms with van der Waals surface area (Å²) in [5.41, 5.74) is 2.69. The van der Waals surface area contributed by atoms with Crippen LogP contribution in [-0.4, -0.2) is 41.8 Å². The third-order valence-electron chi connectivity index (χ3n) is 5.18. The van der Waals surface area contributed by atoms with E-state index in [2.05, 4.69) is 26.3 Å². The maximum atomic E-state index is 13.5. The molecule has 1 aromatic heterocycles. The molecule has 1 aliphatic carbocycles. The highest BCUT2D eigenvalue weighted by atomic mass is 32.2. The van der Waals surface area contributed by atoms with Crippen molar-refractivity contribution in [2.24, 2.45) is 0 Å². The van der Waals surface area contributed by atoms with Crippen molar-refractivity contribution in [3.63, 3.8) is 0 Å². The van der Waals surface area contributed by atoms with Gasteiger partial charge in [-0.25, -0.2) is 13.1 Å². The predicted molar refractivity (Wildman–Crippen MR) is 114 cm³/mol. The van der Waals surface area contributed by atoms with Crippen LogP contribution in [0.15, 0.2) is 47.6 Å². The third kappa shape index (κ3) is 4.40. The number of fused-ring (bicyclic) bond motifs is 1. The van der Waals surface area contributed by atoms with E-state index in [0.29, 0.717) is 24.7 Å². The fourth-order valence-corrected chi connectivity index (χ4v) is 5.25. The molecule has 0 amide bonds. The van der Waals surface area contributed by atoms with E-state index >= 15 is 0 Å². The standard InChI is InChI=1S/C21H25N5O4S/c1-3-29-19-13-21(20(30-4-2)12-18(19)26-14-22-24-25-26)31(27,28)23-17-11-7-9-15-8-5-6-10-16(15)17/h5-6,8,10,12-14,17,23H,3-4,7,9,11H2,1-2H3. The second kappa shape index (κ2) is 9.03. The van der Waals surface area contributed by atoms with Crippen LogP contribution in [0.5, 0.6) is 11.5 Å². The Hall–Kier alpha value is -2.98. The van der Waals surface area contributed by atoms with Crippen molar-refractivity contribution >= 4 is 10.0 Å². The Labute approximate surface area is 181 Å². The molecule has 1 unspecified atom stereocenters. The first kappa shape index (κ1) is 21.3. The quantitative estimate of drug-likeness (QED) is 0.570. The highest BCUT2D eigenvalue weighted by Crippen LogP contribution is 2.36. The number of rotatable bonds is 8. The summed E-state index contributed by atoms with van der Waals surface area (Å²) in [6, 6.07) is 10.7. The van der Waals surface area contributed by atoms with E-state index in [0.717, 1.165) is 24.8 Å². The zero-order chi connectivity index (χ0) is 21.8. The fourth-order valence-electron chi connectivity index (χ4n) is 3.86. The number of benzene rings is 2. The average Bonchev–Trinajstić information content (AvgIpc) is 3.29. The Balaban J connectivity index is 1.76. The topological polar surface area (TPSA) is 108 Å². The van der Waals surface area contributed by atoms with Gasteiger partial charge in [0.2, 0.25) is 10.0 Å². The molecule has 31 heavy (non-hydrogen) atoms. The van der Waals surface area contributed by atoms with Gasteiger partial charge in [0, 0.05) is 18.2 Å². The van der Waals surface area contributed by atoms with Crippen LogP contribution in [-0.2, 0) is 16.4 Å². The van der Waals surface area contributed by atoms with Gasteiger partial charge in [-0.15, -0.1) is 5.10 Å². The Morgan fingerprint density at radius 2 is 1.90 bits per heavy atom. The lowest BCUT2D eigenvalue weighted by Gasteiger charge is -2.26. The molecule has 0 aliphatic heterocycles. The van der Waals surface area contributed by atoms with Crippen molar-refractivity contribution in [2.45, 2.75) is 44.0 Å². The van der Waals surface area contributed by atoms with Crippen LogP contribution < -0.4 is 14.2 Å². The summed E-state index contributed by atoms with van der Waals surface area (Å²) < 4.78 is 42.6. The summed E-state index contributed by atoms with van der Waals surface area (Å²) in [5, 5.41) is 11.2. The number of nitrogens with zero attached hydrogens (tertiary/aromatic N) is 4. The summed E-state index contributed by atoms with van der Waals surface area (Å²) in [6.07, 6.45) is 4.03. The Morgan fingerprint density at radius 1 is 1.13 bits per heavy atom. The Bertz CT molecular complexity index is 1150. The molecule has 10 heteroatoms. The molecule has 2 aromatic carbocycles. The lowest BCUT2D eigenvalue weighted by molar-refractivity contribution is 0.320. The van der Waals surface area contributed by atoms with Crippen molar-refractivity contribution in [3.05, 3.63) is 53.9 Å². The monoisotopic (exact) mass is 443 g/mol. The van der Waals surface area contributed by atoms with Crippen LogP contribution in [0.25, 0.3) is 5.69 Å². The van der Waals surface area contributed by atoms with Crippen LogP contribution in [0.1, 0.15) is 43.9 Å². The summed E-state index contributed by atoms with van der Waals surface area (Å²) in [6.45, 7) is 4.28. The first-order chi connectivity index (χ1) is 15.0. The van der Waals surface area contributed by atoms with E-state index in [4.69, 9.17) is 9.47 Å². The molecule has 164 valence electrons. The average molecular weight is 444 g/mol. The van der Waals surface area contributed by atoms with Crippen molar-refractivity contribution in [1.82, 2.24) is 24.9 Å². The predicted octanol–water partition coefficient (Wildman–Crippen LogP) is 2.82. The largest absolute Gasteiger partial charge is 0.492 e. The number of nitrogens with one attached hydrogen (secondary N) is 1. The molecule has 3 aromatic rings. The van der Waals surface area contributed by atoms with E-state index in [-0.39, 0.29) is 16.7 Å². The van der Waals surface area contributed by atoms with Gasteiger partial charge in [-0.05, 0) is 54.7 Å². The van der Waals surface area contributed by atoms with E-state index in [1.165, 1.54) is 22.6 Å². The maximum absolute atomic E-state index is 13.5. The van der Waals surface area contributed by atoms with E-state index in [1.807, 2.05) is 25.1 Å². The maximum Gasteiger partial charge on any atom is 0.244 e. The zero-order valence-corrected chi connectivity index (χ0v) is 18.3. The second-order valence-electron chi connectivity index (χ2n) is 7.15. The molecule has 0 fully saturated rings. The van der Waals surface area contributed by atoms with Crippen molar-refractivity contribution in [2.75, 3.05) is 13.2 Å². The number of aromatic nitrogens is 4. The molecular formula is C21H25N5O4S. The SMILES string of the molecule is CCOc1cc(S(=O)(=O)NC2CCCc3ccccc32)c(OCC)cc1-n1cnnn1. The van der Waals surface area contributed by atoms with Crippen LogP contribution in [0.3, 0.4) is 0 Å². The summed E-state index contributed by atoms with van der Waals surface area (Å²) in [4.78, 5) is 0.0256. The first-order valence-corrected chi connectivity index (χ1v) is 11.8. The smallest absolute Gasteiger partial charge is 0.244 e. The van der Waals surface area contributed by atoms with Crippen molar-refractivity contribution in [1.29, 1.82) is 0 Å². The first-order valence-electron chi connectivity index (χ1n) is 10.3. The van der Waals surface area contributed by atoms with Gasteiger partial charge in [0.25, 0.3) is 0 Å². The van der Waals surface area contributed by atoms with E-state index < -0.39 is 10.0 Å². The molecule has 1 heterocycles. The molecule has 0 bridgehead atoms. The molecule has 1 atom stereocenters. The zero-order valence-electron chi connectivity index (χ0n) is 17.5. The second-order valence-corrected chi connectivity index (χ2v) is 8.83. The van der Waals surface area contributed by atoms with Gasteiger partial charge in [0.1, 0.15) is 28.4 Å². The van der Waals surface area contributed by atoms with Gasteiger partial charge >= 0.3 is 0 Å². The molecular weight excluding hydrogens is 418 g/mol. The number of hydrogen-bond acceptors (Lipinski definition) is 7. The van der Waals surface area contributed by atoms with Gasteiger partial charge in [-0.1, -0.05) is 24.3 Å². The van der Waals surface area contributed by atoms with Crippen LogP contribution in [0, 0.1) is 0 Å². The van der Waals surface area contributed by atoms with Crippen LogP contribution in [0.4, 0.5) is 0 Å². The number of sulfonamides is 1. The Kier molecular flexibility index (Phi) is 6.19. The normalized spacial score (nSPS) is 16.0. The molecule has 1 N–H and O–H groups in total. The molecule has 1 aliphatic rings. The van der Waals surface area contributed by atoms with E-state index in [9.17, 15) is 8.42 Å². The molecule has 0 spiro atoms. The summed E-state index contributed by atoms with van der Waals surface area (Å²) >= 11 is 0. The molecule has 0 saturated carbocycles. The van der Waals surface area contributed by atoms with Crippen LogP contribution >= 0.6 is 0 Å². The minimum atomic E-state index is -3.90. The highest BCUT2D eigenvalue weighted by Gasteiger charge is 2.29. The minimum Gasteiger partial charge on any atom is -0.492 e. The van der Waals surface area contributed by atoms with Gasteiger partial charge in [-0.2, -0.15) is 4.68 Å². The summed E-state index contributed by atoms with van der Waals surface area (Å²) in [7, 11) is -3.90. The van der Waals surface area contributed by atoms with E-state index in [1.54, 1.807) is 13.0 Å². The molecule has 4 rings (SSSR count). The van der Waals surface area contributed by atoms with Gasteiger partial charge < -0.3 is 9.47 Å². The van der Waals surface area contributed by atoms with Gasteiger partial charge in [-0.3, -0.25) is 0 Å². The van der Waals surface area contributed by atoms with Crippen LogP contribution in [0.2, 0.25) is 0 Å². The molecule has 0 radical (unpaired) electrons. The number of hydrogen-bond donors (Lipinski definition) is 1. The van der Waals surface area contributed by atoms with Gasteiger partial charge in [0.05, 0.1) is 13.2 Å². The summed E-state index contributed by atoms with van der Waals surface area (Å²) in [5.74, 6) is 0.565.